The lowest BCUT2D eigenvalue weighted by Gasteiger charge is -2.12. The molecule has 2 heterocycles. The Morgan fingerprint density at radius 2 is 1.91 bits per heavy atom. The van der Waals surface area contributed by atoms with E-state index in [1.54, 1.807) is 0 Å². The van der Waals surface area contributed by atoms with Crippen LogP contribution in [0.15, 0.2) is 24.5 Å². The third kappa shape index (κ3) is 2.98. The number of thiophene rings is 1. The van der Waals surface area contributed by atoms with Gasteiger partial charge in [0.05, 0.1) is 21.7 Å². The van der Waals surface area contributed by atoms with Gasteiger partial charge in [0.1, 0.15) is 17.0 Å². The molecule has 3 aromatic rings. The highest BCUT2D eigenvalue weighted by atomic mass is 35.5. The number of hydrogen-bond acceptors (Lipinski definition) is 4. The Kier molecular flexibility index (Phi) is 3.93. The van der Waals surface area contributed by atoms with Crippen LogP contribution in [0.3, 0.4) is 0 Å². The van der Waals surface area contributed by atoms with Gasteiger partial charge in [-0.3, -0.25) is 0 Å². The molecule has 0 amide bonds. The number of benzene rings is 1. The maximum atomic E-state index is 12.9. The summed E-state index contributed by atoms with van der Waals surface area (Å²) in [6.45, 7) is 3.89. The molecule has 120 valence electrons. The molecule has 0 saturated carbocycles. The predicted molar refractivity (Wildman–Crippen MR) is 86.6 cm³/mol. The van der Waals surface area contributed by atoms with Crippen LogP contribution in [0.4, 0.5) is 24.7 Å². The lowest BCUT2D eigenvalue weighted by Crippen LogP contribution is -2.06. The van der Waals surface area contributed by atoms with Crippen molar-refractivity contribution in [3.8, 4) is 0 Å². The van der Waals surface area contributed by atoms with Crippen molar-refractivity contribution >= 4 is 44.7 Å². The second-order valence-electron chi connectivity index (χ2n) is 5.00. The van der Waals surface area contributed by atoms with Crippen molar-refractivity contribution in [1.29, 1.82) is 0 Å². The molecule has 1 aromatic carbocycles. The first-order valence-electron chi connectivity index (χ1n) is 6.62. The van der Waals surface area contributed by atoms with Crippen molar-refractivity contribution in [3.05, 3.63) is 45.6 Å². The predicted octanol–water partition coefficient (Wildman–Crippen LogP) is 5.72. The molecule has 23 heavy (non-hydrogen) atoms. The molecule has 0 unspecified atom stereocenters. The quantitative estimate of drug-likeness (QED) is 0.637. The van der Waals surface area contributed by atoms with Gasteiger partial charge in [0.15, 0.2) is 0 Å². The zero-order chi connectivity index (χ0) is 16.8. The number of aromatic nitrogens is 2. The smallest absolute Gasteiger partial charge is 0.338 e. The van der Waals surface area contributed by atoms with Gasteiger partial charge in [0, 0.05) is 4.88 Å². The van der Waals surface area contributed by atoms with E-state index < -0.39 is 11.7 Å². The summed E-state index contributed by atoms with van der Waals surface area (Å²) < 4.78 is 38.6. The first-order chi connectivity index (χ1) is 10.8. The van der Waals surface area contributed by atoms with Gasteiger partial charge < -0.3 is 5.32 Å². The maximum absolute atomic E-state index is 12.9. The molecular weight excluding hydrogens is 347 g/mol. The van der Waals surface area contributed by atoms with Crippen molar-refractivity contribution in [2.45, 2.75) is 20.0 Å². The van der Waals surface area contributed by atoms with E-state index in [1.807, 2.05) is 13.8 Å². The van der Waals surface area contributed by atoms with Gasteiger partial charge in [-0.1, -0.05) is 11.6 Å². The summed E-state index contributed by atoms with van der Waals surface area (Å²) in [6, 6.07) is 3.14. The molecule has 2 aromatic heterocycles. The van der Waals surface area contributed by atoms with Gasteiger partial charge in [0.2, 0.25) is 0 Å². The Morgan fingerprint density at radius 1 is 1.17 bits per heavy atom. The van der Waals surface area contributed by atoms with Gasteiger partial charge >= 0.3 is 6.18 Å². The number of alkyl halides is 3. The van der Waals surface area contributed by atoms with E-state index in [0.717, 1.165) is 32.8 Å². The molecule has 0 bridgehead atoms. The average molecular weight is 358 g/mol. The molecule has 0 saturated heterocycles. The fourth-order valence-electron chi connectivity index (χ4n) is 2.20. The third-order valence-electron chi connectivity index (χ3n) is 3.51. The van der Waals surface area contributed by atoms with Gasteiger partial charge in [-0.2, -0.15) is 13.2 Å². The molecule has 8 heteroatoms. The Bertz CT molecular complexity index is 890. The van der Waals surface area contributed by atoms with Gasteiger partial charge in [-0.15, -0.1) is 11.3 Å². The molecule has 3 nitrogen and oxygen atoms in total. The number of rotatable bonds is 2. The Morgan fingerprint density at radius 3 is 2.61 bits per heavy atom. The number of nitrogens with zero attached hydrogens (tertiary/aromatic N) is 2. The molecule has 0 atom stereocenters. The van der Waals surface area contributed by atoms with Crippen molar-refractivity contribution in [2.75, 3.05) is 5.32 Å². The monoisotopic (exact) mass is 357 g/mol. The molecule has 0 radical (unpaired) electrons. The van der Waals surface area contributed by atoms with Crippen LogP contribution in [0.5, 0.6) is 0 Å². The van der Waals surface area contributed by atoms with Crippen molar-refractivity contribution < 1.29 is 13.2 Å². The van der Waals surface area contributed by atoms with Crippen LogP contribution in [-0.4, -0.2) is 9.97 Å². The zero-order valence-corrected chi connectivity index (χ0v) is 13.7. The van der Waals surface area contributed by atoms with Crippen molar-refractivity contribution in [2.24, 2.45) is 0 Å². The van der Waals surface area contributed by atoms with Crippen LogP contribution < -0.4 is 5.32 Å². The SMILES string of the molecule is Cc1sc2ncnc(Nc3cc(C(F)(F)F)ccc3Cl)c2c1C. The number of aryl methyl sites for hydroxylation is 2. The highest BCUT2D eigenvalue weighted by Crippen LogP contribution is 2.37. The summed E-state index contributed by atoms with van der Waals surface area (Å²) in [4.78, 5) is 10.2. The fourth-order valence-corrected chi connectivity index (χ4v) is 3.36. The zero-order valence-electron chi connectivity index (χ0n) is 12.1. The van der Waals surface area contributed by atoms with Crippen molar-refractivity contribution in [3.63, 3.8) is 0 Å². The summed E-state index contributed by atoms with van der Waals surface area (Å²) in [5.74, 6) is 0.443. The van der Waals surface area contributed by atoms with Crippen LogP contribution in [0.1, 0.15) is 16.0 Å². The number of nitrogens with one attached hydrogen (secondary N) is 1. The van der Waals surface area contributed by atoms with Gasteiger partial charge in [0.25, 0.3) is 0 Å². The summed E-state index contributed by atoms with van der Waals surface area (Å²) in [5, 5.41) is 3.89. The summed E-state index contributed by atoms with van der Waals surface area (Å²) >= 11 is 7.53. The Balaban J connectivity index is 2.09. The molecule has 0 fully saturated rings. The standard InChI is InChI=1S/C15H11ClF3N3S/c1-7-8(2)23-14-12(7)13(20-6-21-14)22-11-5-9(15(17,18)19)3-4-10(11)16/h3-6H,1-2H3,(H,20,21,22). The number of halogens is 4. The second kappa shape index (κ2) is 5.65. The van der Waals surface area contributed by atoms with E-state index in [4.69, 9.17) is 11.6 Å². The van der Waals surface area contributed by atoms with E-state index in [0.29, 0.717) is 5.82 Å². The van der Waals surface area contributed by atoms with Crippen molar-refractivity contribution in [1.82, 2.24) is 9.97 Å². The number of fused-ring (bicyclic) bond motifs is 1. The van der Waals surface area contributed by atoms with Crippen LogP contribution in [-0.2, 0) is 6.18 Å². The van der Waals surface area contributed by atoms with E-state index in [1.165, 1.54) is 23.7 Å². The first-order valence-corrected chi connectivity index (χ1v) is 7.81. The number of anilines is 2. The highest BCUT2D eigenvalue weighted by molar-refractivity contribution is 7.18. The maximum Gasteiger partial charge on any atom is 0.416 e. The van der Waals surface area contributed by atoms with Crippen LogP contribution in [0, 0.1) is 13.8 Å². The average Bonchev–Trinajstić information content (AvgIpc) is 2.76. The molecule has 0 aliphatic carbocycles. The van der Waals surface area contributed by atoms with Gasteiger partial charge in [-0.25, -0.2) is 9.97 Å². The Labute approximate surface area is 139 Å². The van der Waals surface area contributed by atoms with Crippen LogP contribution in [0.25, 0.3) is 10.2 Å². The normalized spacial score (nSPS) is 11.9. The lowest BCUT2D eigenvalue weighted by atomic mass is 10.1. The van der Waals surface area contributed by atoms with E-state index >= 15 is 0 Å². The molecular formula is C15H11ClF3N3S. The minimum atomic E-state index is -4.43. The minimum Gasteiger partial charge on any atom is -0.338 e. The van der Waals surface area contributed by atoms with Crippen LogP contribution >= 0.6 is 22.9 Å². The van der Waals surface area contributed by atoms with Gasteiger partial charge in [-0.05, 0) is 37.6 Å². The van der Waals surface area contributed by atoms with Crippen LogP contribution in [0.2, 0.25) is 5.02 Å². The molecule has 0 spiro atoms. The third-order valence-corrected chi connectivity index (χ3v) is 4.96. The van der Waals surface area contributed by atoms with E-state index in [9.17, 15) is 13.2 Å². The van der Waals surface area contributed by atoms with E-state index in [2.05, 4.69) is 15.3 Å². The topological polar surface area (TPSA) is 37.8 Å². The van der Waals surface area contributed by atoms with E-state index in [-0.39, 0.29) is 10.7 Å². The summed E-state index contributed by atoms with van der Waals surface area (Å²) in [5.41, 5.74) is 0.383. The second-order valence-corrected chi connectivity index (χ2v) is 6.61. The molecule has 1 N–H and O–H groups in total. The lowest BCUT2D eigenvalue weighted by molar-refractivity contribution is -0.137. The summed E-state index contributed by atoms with van der Waals surface area (Å²) in [7, 11) is 0. The Hall–Kier alpha value is -1.86. The highest BCUT2D eigenvalue weighted by Gasteiger charge is 2.31. The molecule has 0 aliphatic heterocycles. The molecule has 0 aliphatic rings. The number of hydrogen-bond donors (Lipinski definition) is 1. The largest absolute Gasteiger partial charge is 0.416 e. The summed E-state index contributed by atoms with van der Waals surface area (Å²) in [6.07, 6.45) is -3.06. The minimum absolute atomic E-state index is 0.157. The fraction of sp³-hybridized carbons (Fsp3) is 0.200. The molecule has 3 rings (SSSR count). The first kappa shape index (κ1) is 16.0.